The van der Waals surface area contributed by atoms with Gasteiger partial charge in [-0.15, -0.1) is 0 Å². The summed E-state index contributed by atoms with van der Waals surface area (Å²) in [6, 6.07) is 0. The third-order valence-corrected chi connectivity index (χ3v) is 3.16. The van der Waals surface area contributed by atoms with Crippen LogP contribution in [0.2, 0.25) is 0 Å². The van der Waals surface area contributed by atoms with E-state index in [9.17, 15) is 0 Å². The van der Waals surface area contributed by atoms with Crippen molar-refractivity contribution in [1.82, 2.24) is 9.55 Å². The van der Waals surface area contributed by atoms with Crippen LogP contribution in [0.15, 0.2) is 12.5 Å². The Labute approximate surface area is 86.3 Å². The summed E-state index contributed by atoms with van der Waals surface area (Å²) >= 11 is 0. The SMILES string of the molecule is CCCC(C)(C)n1cnc(C2CC2)c1. The zero-order valence-electron chi connectivity index (χ0n) is 9.45. The van der Waals surface area contributed by atoms with E-state index in [1.54, 1.807) is 0 Å². The minimum Gasteiger partial charge on any atom is -0.332 e. The Morgan fingerprint density at radius 3 is 2.79 bits per heavy atom. The van der Waals surface area contributed by atoms with E-state index >= 15 is 0 Å². The number of aromatic nitrogens is 2. The molecule has 0 amide bonds. The molecule has 2 nitrogen and oxygen atoms in total. The number of hydrogen-bond acceptors (Lipinski definition) is 1. The third kappa shape index (κ3) is 1.84. The smallest absolute Gasteiger partial charge is 0.0954 e. The summed E-state index contributed by atoms with van der Waals surface area (Å²) in [6.07, 6.45) is 9.37. The number of rotatable bonds is 4. The van der Waals surface area contributed by atoms with Crippen LogP contribution in [0.3, 0.4) is 0 Å². The summed E-state index contributed by atoms with van der Waals surface area (Å²) < 4.78 is 2.28. The maximum absolute atomic E-state index is 4.49. The summed E-state index contributed by atoms with van der Waals surface area (Å²) in [7, 11) is 0. The molecular formula is C12H20N2. The van der Waals surface area contributed by atoms with Crippen LogP contribution < -0.4 is 0 Å². The average Bonchev–Trinajstić information content (AvgIpc) is 2.83. The molecule has 1 aromatic rings. The van der Waals surface area contributed by atoms with Crippen molar-refractivity contribution in [3.63, 3.8) is 0 Å². The first kappa shape index (κ1) is 9.75. The highest BCUT2D eigenvalue weighted by Gasteiger charge is 2.27. The molecule has 2 heteroatoms. The van der Waals surface area contributed by atoms with Crippen molar-refractivity contribution in [2.24, 2.45) is 0 Å². The highest BCUT2D eigenvalue weighted by molar-refractivity contribution is 5.12. The molecule has 1 aliphatic carbocycles. The predicted molar refractivity (Wildman–Crippen MR) is 58.4 cm³/mol. The maximum Gasteiger partial charge on any atom is 0.0954 e. The topological polar surface area (TPSA) is 17.8 Å². The highest BCUT2D eigenvalue weighted by atomic mass is 15.1. The maximum atomic E-state index is 4.49. The van der Waals surface area contributed by atoms with Gasteiger partial charge in [0.1, 0.15) is 0 Å². The largest absolute Gasteiger partial charge is 0.332 e. The Morgan fingerprint density at radius 1 is 1.50 bits per heavy atom. The van der Waals surface area contributed by atoms with Gasteiger partial charge in [0, 0.05) is 17.7 Å². The van der Waals surface area contributed by atoms with Gasteiger partial charge in [-0.2, -0.15) is 0 Å². The van der Waals surface area contributed by atoms with Crippen LogP contribution in [0.25, 0.3) is 0 Å². The lowest BCUT2D eigenvalue weighted by atomic mass is 9.99. The van der Waals surface area contributed by atoms with Crippen molar-refractivity contribution in [2.75, 3.05) is 0 Å². The highest BCUT2D eigenvalue weighted by Crippen LogP contribution is 2.39. The van der Waals surface area contributed by atoms with Gasteiger partial charge in [0.15, 0.2) is 0 Å². The molecule has 1 aliphatic rings. The van der Waals surface area contributed by atoms with E-state index < -0.39 is 0 Å². The number of nitrogens with zero attached hydrogens (tertiary/aromatic N) is 2. The normalized spacial score (nSPS) is 17.4. The molecule has 0 aromatic carbocycles. The minimum absolute atomic E-state index is 0.231. The Bertz CT molecular complexity index is 308. The zero-order chi connectivity index (χ0) is 10.2. The molecule has 0 bridgehead atoms. The molecule has 1 fully saturated rings. The van der Waals surface area contributed by atoms with E-state index in [2.05, 4.69) is 36.5 Å². The van der Waals surface area contributed by atoms with E-state index in [4.69, 9.17) is 0 Å². The van der Waals surface area contributed by atoms with Crippen molar-refractivity contribution in [1.29, 1.82) is 0 Å². The van der Waals surface area contributed by atoms with Gasteiger partial charge in [0.25, 0.3) is 0 Å². The van der Waals surface area contributed by atoms with Crippen LogP contribution in [-0.2, 0) is 5.54 Å². The summed E-state index contributed by atoms with van der Waals surface area (Å²) in [6.45, 7) is 6.81. The van der Waals surface area contributed by atoms with Gasteiger partial charge >= 0.3 is 0 Å². The summed E-state index contributed by atoms with van der Waals surface area (Å²) in [5, 5.41) is 0. The van der Waals surface area contributed by atoms with Crippen LogP contribution in [0.5, 0.6) is 0 Å². The Kier molecular flexibility index (Phi) is 2.38. The second-order valence-corrected chi connectivity index (χ2v) is 5.04. The fourth-order valence-electron chi connectivity index (χ4n) is 2.00. The first-order chi connectivity index (χ1) is 6.63. The number of hydrogen-bond donors (Lipinski definition) is 0. The van der Waals surface area contributed by atoms with Crippen LogP contribution in [0, 0.1) is 0 Å². The lowest BCUT2D eigenvalue weighted by molar-refractivity contribution is 0.323. The lowest BCUT2D eigenvalue weighted by Crippen LogP contribution is -2.24. The Morgan fingerprint density at radius 2 is 2.21 bits per heavy atom. The van der Waals surface area contributed by atoms with Crippen LogP contribution in [0.1, 0.15) is 58.1 Å². The molecule has 78 valence electrons. The molecule has 0 atom stereocenters. The average molecular weight is 192 g/mol. The molecule has 0 radical (unpaired) electrons. The van der Waals surface area contributed by atoms with Crippen molar-refractivity contribution < 1.29 is 0 Å². The van der Waals surface area contributed by atoms with Gasteiger partial charge in [-0.1, -0.05) is 13.3 Å². The Balaban J connectivity index is 2.14. The lowest BCUT2D eigenvalue weighted by Gasteiger charge is -2.25. The van der Waals surface area contributed by atoms with Gasteiger partial charge in [0.05, 0.1) is 12.0 Å². The van der Waals surface area contributed by atoms with Gasteiger partial charge in [0.2, 0.25) is 0 Å². The minimum atomic E-state index is 0.231. The molecule has 14 heavy (non-hydrogen) atoms. The van der Waals surface area contributed by atoms with Crippen molar-refractivity contribution >= 4 is 0 Å². The second kappa shape index (κ2) is 3.41. The molecule has 0 unspecified atom stereocenters. The summed E-state index contributed by atoms with van der Waals surface area (Å²) in [4.78, 5) is 4.49. The van der Waals surface area contributed by atoms with Gasteiger partial charge in [-0.25, -0.2) is 4.98 Å². The summed E-state index contributed by atoms with van der Waals surface area (Å²) in [5.41, 5.74) is 1.53. The van der Waals surface area contributed by atoms with E-state index in [-0.39, 0.29) is 5.54 Å². The molecule has 2 rings (SSSR count). The quantitative estimate of drug-likeness (QED) is 0.715. The molecule has 0 spiro atoms. The molecule has 1 heterocycles. The standard InChI is InChI=1S/C12H20N2/c1-4-7-12(2,3)14-8-11(13-9-14)10-5-6-10/h8-10H,4-7H2,1-3H3. The fraction of sp³-hybridized carbons (Fsp3) is 0.750. The molecule has 0 aliphatic heterocycles. The van der Waals surface area contributed by atoms with E-state index in [1.807, 2.05) is 6.33 Å². The third-order valence-electron chi connectivity index (χ3n) is 3.16. The number of imidazole rings is 1. The monoisotopic (exact) mass is 192 g/mol. The molecule has 0 saturated heterocycles. The predicted octanol–water partition coefficient (Wildman–Crippen LogP) is 3.30. The molecular weight excluding hydrogens is 172 g/mol. The zero-order valence-corrected chi connectivity index (χ0v) is 9.45. The molecule has 1 aromatic heterocycles. The van der Waals surface area contributed by atoms with Crippen LogP contribution in [0.4, 0.5) is 0 Å². The molecule has 0 N–H and O–H groups in total. The van der Waals surface area contributed by atoms with Crippen molar-refractivity contribution in [2.45, 2.75) is 57.9 Å². The molecule has 1 saturated carbocycles. The first-order valence-electron chi connectivity index (χ1n) is 5.68. The van der Waals surface area contributed by atoms with Crippen LogP contribution in [-0.4, -0.2) is 9.55 Å². The van der Waals surface area contributed by atoms with E-state index in [0.29, 0.717) is 0 Å². The van der Waals surface area contributed by atoms with Gasteiger partial charge in [-0.3, -0.25) is 0 Å². The van der Waals surface area contributed by atoms with Crippen molar-refractivity contribution in [3.8, 4) is 0 Å². The van der Waals surface area contributed by atoms with Crippen LogP contribution >= 0.6 is 0 Å². The van der Waals surface area contributed by atoms with Gasteiger partial charge in [-0.05, 0) is 33.1 Å². The Hall–Kier alpha value is -0.790. The fourth-order valence-corrected chi connectivity index (χ4v) is 2.00. The van der Waals surface area contributed by atoms with E-state index in [1.165, 1.54) is 31.4 Å². The van der Waals surface area contributed by atoms with Crippen molar-refractivity contribution in [3.05, 3.63) is 18.2 Å². The van der Waals surface area contributed by atoms with Gasteiger partial charge < -0.3 is 4.57 Å². The van der Waals surface area contributed by atoms with E-state index in [0.717, 1.165) is 5.92 Å². The second-order valence-electron chi connectivity index (χ2n) is 5.04. The first-order valence-corrected chi connectivity index (χ1v) is 5.68. The summed E-state index contributed by atoms with van der Waals surface area (Å²) in [5.74, 6) is 0.772.